The SMILES string of the molecule is CCCCSNC([NH3+])=O.[I-]. The van der Waals surface area contributed by atoms with Gasteiger partial charge in [0.1, 0.15) is 0 Å². The molecular formula is C5H13IN2OS. The van der Waals surface area contributed by atoms with E-state index in [4.69, 9.17) is 0 Å². The van der Waals surface area contributed by atoms with Crippen molar-refractivity contribution in [2.45, 2.75) is 19.8 Å². The summed E-state index contributed by atoms with van der Waals surface area (Å²) in [5, 5.41) is 0. The number of amides is 2. The number of hydrogen-bond acceptors (Lipinski definition) is 2. The molecule has 0 atom stereocenters. The highest BCUT2D eigenvalue weighted by atomic mass is 127. The number of rotatable bonds is 4. The minimum atomic E-state index is -0.212. The van der Waals surface area contributed by atoms with Gasteiger partial charge in [-0.15, -0.1) is 0 Å². The van der Waals surface area contributed by atoms with Crippen LogP contribution >= 0.6 is 11.9 Å². The molecule has 0 aliphatic rings. The van der Waals surface area contributed by atoms with E-state index in [1.54, 1.807) is 0 Å². The van der Waals surface area contributed by atoms with Crippen molar-refractivity contribution in [1.82, 2.24) is 4.72 Å². The average Bonchev–Trinajstić information content (AvgIpc) is 1.80. The predicted molar refractivity (Wildman–Crippen MR) is 38.8 cm³/mol. The van der Waals surface area contributed by atoms with Crippen molar-refractivity contribution in [2.24, 2.45) is 0 Å². The first-order valence-electron chi connectivity index (χ1n) is 3.01. The summed E-state index contributed by atoms with van der Waals surface area (Å²) in [6.07, 6.45) is 2.31. The summed E-state index contributed by atoms with van der Waals surface area (Å²) in [7, 11) is 0. The molecular weight excluding hydrogens is 263 g/mol. The second-order valence-electron chi connectivity index (χ2n) is 1.73. The van der Waals surface area contributed by atoms with Gasteiger partial charge in [0, 0.05) is 5.75 Å². The molecule has 0 aliphatic carbocycles. The van der Waals surface area contributed by atoms with Crippen molar-refractivity contribution in [2.75, 3.05) is 5.75 Å². The maximum Gasteiger partial charge on any atom is 0.421 e. The predicted octanol–water partition coefficient (Wildman–Crippen LogP) is -2.61. The van der Waals surface area contributed by atoms with Crippen LogP contribution in [0.5, 0.6) is 0 Å². The number of carbonyl (C=O) groups excluding carboxylic acids is 1. The van der Waals surface area contributed by atoms with Gasteiger partial charge in [0.05, 0.1) is 0 Å². The zero-order valence-corrected chi connectivity index (χ0v) is 9.00. The van der Waals surface area contributed by atoms with E-state index in [-0.39, 0.29) is 30.0 Å². The number of carbonyl (C=O) groups is 1. The molecule has 0 aromatic heterocycles. The Morgan fingerprint density at radius 2 is 2.30 bits per heavy atom. The van der Waals surface area contributed by atoms with Gasteiger partial charge in [-0.2, -0.15) is 0 Å². The molecule has 5 heteroatoms. The Hall–Kier alpha value is 0.510. The minimum absolute atomic E-state index is 0. The molecule has 0 aromatic carbocycles. The second kappa shape index (κ2) is 9.51. The molecule has 10 heavy (non-hydrogen) atoms. The number of quaternary nitrogens is 1. The summed E-state index contributed by atoms with van der Waals surface area (Å²) in [5.74, 6) is 0.984. The van der Waals surface area contributed by atoms with Crippen molar-refractivity contribution in [3.8, 4) is 0 Å². The van der Waals surface area contributed by atoms with Gasteiger partial charge in [0.15, 0.2) is 0 Å². The fourth-order valence-corrected chi connectivity index (χ4v) is 1.04. The lowest BCUT2D eigenvalue weighted by Crippen LogP contribution is -3.00. The van der Waals surface area contributed by atoms with Crippen LogP contribution < -0.4 is 34.4 Å². The molecule has 0 heterocycles. The summed E-state index contributed by atoms with van der Waals surface area (Å²) in [6, 6.07) is -0.212. The summed E-state index contributed by atoms with van der Waals surface area (Å²) in [6.45, 7) is 2.12. The van der Waals surface area contributed by atoms with Crippen molar-refractivity contribution < 1.29 is 34.5 Å². The average molecular weight is 276 g/mol. The van der Waals surface area contributed by atoms with Crippen LogP contribution in [-0.4, -0.2) is 11.8 Å². The molecule has 2 amide bonds. The molecule has 62 valence electrons. The first-order valence-corrected chi connectivity index (χ1v) is 3.99. The molecule has 4 N–H and O–H groups in total. The number of unbranched alkanes of at least 4 members (excludes halogenated alkanes) is 1. The molecule has 0 bridgehead atoms. The Morgan fingerprint density at radius 3 is 2.70 bits per heavy atom. The molecule has 0 radical (unpaired) electrons. The lowest BCUT2D eigenvalue weighted by atomic mass is 10.4. The van der Waals surface area contributed by atoms with Crippen molar-refractivity contribution in [3.05, 3.63) is 0 Å². The van der Waals surface area contributed by atoms with E-state index in [1.165, 1.54) is 18.4 Å². The lowest BCUT2D eigenvalue weighted by molar-refractivity contribution is -0.247. The first-order chi connectivity index (χ1) is 4.27. The highest BCUT2D eigenvalue weighted by Crippen LogP contribution is 1.97. The summed E-state index contributed by atoms with van der Waals surface area (Å²) >= 11 is 1.42. The van der Waals surface area contributed by atoms with E-state index < -0.39 is 0 Å². The third kappa shape index (κ3) is 11.3. The Morgan fingerprint density at radius 1 is 1.70 bits per heavy atom. The normalized spacial score (nSPS) is 8.20. The van der Waals surface area contributed by atoms with Crippen LogP contribution in [0, 0.1) is 0 Å². The van der Waals surface area contributed by atoms with Gasteiger partial charge in [0.25, 0.3) is 0 Å². The molecule has 0 aliphatic heterocycles. The van der Waals surface area contributed by atoms with Gasteiger partial charge < -0.3 is 24.0 Å². The highest BCUT2D eigenvalue weighted by molar-refractivity contribution is 7.97. The second-order valence-corrected chi connectivity index (χ2v) is 2.63. The van der Waals surface area contributed by atoms with Gasteiger partial charge in [-0.05, 0) is 18.4 Å². The molecule has 0 fully saturated rings. The molecule has 0 saturated carbocycles. The third-order valence-corrected chi connectivity index (χ3v) is 1.65. The van der Waals surface area contributed by atoms with E-state index >= 15 is 0 Å². The Labute approximate surface area is 82.7 Å². The lowest BCUT2D eigenvalue weighted by Gasteiger charge is -1.94. The molecule has 0 unspecified atom stereocenters. The van der Waals surface area contributed by atoms with E-state index in [2.05, 4.69) is 17.4 Å². The molecule has 0 spiro atoms. The first kappa shape index (κ1) is 13.1. The third-order valence-electron chi connectivity index (χ3n) is 0.786. The Bertz CT molecular complexity index is 91.7. The topological polar surface area (TPSA) is 56.7 Å². The van der Waals surface area contributed by atoms with E-state index in [9.17, 15) is 4.79 Å². The largest absolute Gasteiger partial charge is 1.00 e. The maximum atomic E-state index is 10.2. The van der Waals surface area contributed by atoms with E-state index in [1.807, 2.05) is 0 Å². The fourth-order valence-electron chi connectivity index (χ4n) is 0.348. The summed E-state index contributed by atoms with van der Waals surface area (Å²) < 4.78 is 2.55. The maximum absolute atomic E-state index is 10.2. The van der Waals surface area contributed by atoms with Crippen LogP contribution in [0.25, 0.3) is 0 Å². The zero-order chi connectivity index (χ0) is 7.11. The Balaban J connectivity index is 0. The monoisotopic (exact) mass is 276 g/mol. The number of urea groups is 1. The van der Waals surface area contributed by atoms with Gasteiger partial charge >= 0.3 is 6.03 Å². The van der Waals surface area contributed by atoms with Crippen molar-refractivity contribution in [3.63, 3.8) is 0 Å². The van der Waals surface area contributed by atoms with Gasteiger partial charge in [-0.3, -0.25) is 5.73 Å². The molecule has 0 aromatic rings. The smallest absolute Gasteiger partial charge is 0.421 e. The van der Waals surface area contributed by atoms with Gasteiger partial charge in [0.2, 0.25) is 0 Å². The minimum Gasteiger partial charge on any atom is -1.00 e. The molecule has 3 nitrogen and oxygen atoms in total. The number of halogens is 1. The van der Waals surface area contributed by atoms with E-state index in [0.717, 1.165) is 12.2 Å². The van der Waals surface area contributed by atoms with Crippen LogP contribution in [0.2, 0.25) is 0 Å². The van der Waals surface area contributed by atoms with Crippen LogP contribution in [0.3, 0.4) is 0 Å². The quantitative estimate of drug-likeness (QED) is 0.336. The highest BCUT2D eigenvalue weighted by Gasteiger charge is 1.92. The summed E-state index contributed by atoms with van der Waals surface area (Å²) in [4.78, 5) is 10.2. The summed E-state index contributed by atoms with van der Waals surface area (Å²) in [5.41, 5.74) is 3.17. The standard InChI is InChI=1S/C5H12N2OS.HI/c1-2-3-4-9-7-5(6)8;/h2-4H2,1H3,(H3,6,7,8);1H. The number of nitrogens with one attached hydrogen (secondary N) is 1. The Kier molecular flexibility index (Phi) is 12.5. The van der Waals surface area contributed by atoms with E-state index in [0.29, 0.717) is 0 Å². The van der Waals surface area contributed by atoms with Gasteiger partial charge in [-0.25, -0.2) is 9.52 Å². The van der Waals surface area contributed by atoms with Crippen molar-refractivity contribution in [1.29, 1.82) is 0 Å². The van der Waals surface area contributed by atoms with Crippen LogP contribution in [-0.2, 0) is 0 Å². The molecule has 0 saturated heterocycles. The number of hydrogen-bond donors (Lipinski definition) is 2. The van der Waals surface area contributed by atoms with Crippen LogP contribution in [0.15, 0.2) is 0 Å². The van der Waals surface area contributed by atoms with Crippen LogP contribution in [0.4, 0.5) is 4.79 Å². The van der Waals surface area contributed by atoms with Crippen LogP contribution in [0.1, 0.15) is 19.8 Å². The zero-order valence-electron chi connectivity index (χ0n) is 6.02. The van der Waals surface area contributed by atoms with Gasteiger partial charge in [-0.1, -0.05) is 13.3 Å². The fraction of sp³-hybridized carbons (Fsp3) is 0.800. The molecule has 0 rings (SSSR count). The van der Waals surface area contributed by atoms with Crippen molar-refractivity contribution >= 4 is 18.0 Å².